The number of rotatable bonds is 19. The fraction of sp³-hybridized carbons (Fsp3) is 0.794. The molecule has 4 atom stereocenters. The van der Waals surface area contributed by atoms with Crippen molar-refractivity contribution in [3.8, 4) is 0 Å². The van der Waals surface area contributed by atoms with E-state index >= 15 is 0 Å². The van der Waals surface area contributed by atoms with Crippen LogP contribution in [0.4, 0.5) is 4.79 Å². The van der Waals surface area contributed by atoms with Gasteiger partial charge < -0.3 is 41.7 Å². The Labute approximate surface area is 289 Å². The molecule has 15 heteroatoms. The Bertz CT molecular complexity index is 1140. The molecule has 0 aromatic heterocycles. The summed E-state index contributed by atoms with van der Waals surface area (Å²) in [6.07, 6.45) is 5.56. The Morgan fingerprint density at radius 3 is 1.94 bits per heavy atom. The molecule has 15 nitrogen and oxygen atoms in total. The standard InChI is InChI=1S/C34H58N6O9/c1-6-10-24(29(42)32(45)36-18-26(41)39-28(33(46)47)23-13-15-35-16-14-23)37-30(43)25(17-20(2)3)38-31(44)27(22-11-8-7-9-12-22)40-34(48)49-19-21(4)5/h20-25,27-28,35H,6-19H2,1-5H3,(H,36,45)(H,37,43)(H,38,44)(H,39,41)(H,40,48)(H,46,47)/t24?,25-,27-,28-/m0/s1. The molecule has 0 aromatic carbocycles. The van der Waals surface area contributed by atoms with Crippen molar-refractivity contribution in [3.63, 3.8) is 0 Å². The third kappa shape index (κ3) is 14.7. The van der Waals surface area contributed by atoms with Crippen molar-refractivity contribution in [3.05, 3.63) is 0 Å². The second kappa shape index (κ2) is 21.4. The predicted molar refractivity (Wildman–Crippen MR) is 181 cm³/mol. The number of piperidine rings is 1. The Morgan fingerprint density at radius 2 is 1.37 bits per heavy atom. The lowest BCUT2D eigenvalue weighted by Gasteiger charge is -2.31. The smallest absolute Gasteiger partial charge is 0.407 e. The predicted octanol–water partition coefficient (Wildman–Crippen LogP) is 1.39. The SMILES string of the molecule is CCCC(NC(=O)[C@H](CC(C)C)NC(=O)[C@@H](NC(=O)OCC(C)C)C1CCCCC1)C(=O)C(=O)NCC(=O)N[C@H](C(=O)O)C1CCNCC1. The van der Waals surface area contributed by atoms with E-state index < -0.39 is 72.2 Å². The molecule has 0 radical (unpaired) electrons. The lowest BCUT2D eigenvalue weighted by atomic mass is 9.83. The molecule has 2 rings (SSSR count). The van der Waals surface area contributed by atoms with Crippen molar-refractivity contribution >= 4 is 41.5 Å². The lowest BCUT2D eigenvalue weighted by Crippen LogP contribution is -2.58. The molecule has 1 aliphatic heterocycles. The maximum atomic E-state index is 13.7. The van der Waals surface area contributed by atoms with Crippen LogP contribution in [0.15, 0.2) is 0 Å². The Hall–Kier alpha value is -3.75. The highest BCUT2D eigenvalue weighted by atomic mass is 16.5. The van der Waals surface area contributed by atoms with Crippen LogP contribution in [0.1, 0.15) is 98.8 Å². The summed E-state index contributed by atoms with van der Waals surface area (Å²) in [6, 6.07) is -4.33. The van der Waals surface area contributed by atoms with Crippen LogP contribution >= 0.6 is 0 Å². The molecule has 1 unspecified atom stereocenters. The molecule has 0 aromatic rings. The van der Waals surface area contributed by atoms with E-state index in [2.05, 4.69) is 31.9 Å². The van der Waals surface area contributed by atoms with E-state index in [0.717, 1.165) is 32.1 Å². The van der Waals surface area contributed by atoms with Crippen LogP contribution in [0, 0.1) is 23.7 Å². The first kappa shape index (κ1) is 41.4. The zero-order valence-corrected chi connectivity index (χ0v) is 29.7. The molecule has 1 saturated carbocycles. The van der Waals surface area contributed by atoms with E-state index in [1.807, 2.05) is 27.7 Å². The van der Waals surface area contributed by atoms with Crippen LogP contribution < -0.4 is 31.9 Å². The van der Waals surface area contributed by atoms with Gasteiger partial charge in [-0.15, -0.1) is 0 Å². The molecule has 278 valence electrons. The minimum absolute atomic E-state index is 0.0326. The molecular formula is C34H58N6O9. The van der Waals surface area contributed by atoms with Crippen LogP contribution in [0.5, 0.6) is 0 Å². The zero-order chi connectivity index (χ0) is 36.5. The zero-order valence-electron chi connectivity index (χ0n) is 29.7. The van der Waals surface area contributed by atoms with E-state index in [0.29, 0.717) is 32.4 Å². The number of carboxylic acids is 1. The minimum atomic E-state index is -1.23. The van der Waals surface area contributed by atoms with Crippen molar-refractivity contribution in [2.75, 3.05) is 26.2 Å². The van der Waals surface area contributed by atoms with Gasteiger partial charge in [0.15, 0.2) is 0 Å². The molecule has 2 aliphatic rings. The number of ether oxygens (including phenoxy) is 1. The number of Topliss-reactive ketones (excluding diaryl/α,β-unsaturated/α-hetero) is 1. The molecule has 49 heavy (non-hydrogen) atoms. The number of aliphatic carboxylic acids is 1. The van der Waals surface area contributed by atoms with Gasteiger partial charge in [0.05, 0.1) is 19.2 Å². The van der Waals surface area contributed by atoms with Crippen molar-refractivity contribution in [1.29, 1.82) is 0 Å². The molecule has 1 heterocycles. The van der Waals surface area contributed by atoms with Gasteiger partial charge in [-0.3, -0.25) is 24.0 Å². The number of hydrogen-bond donors (Lipinski definition) is 7. The summed E-state index contributed by atoms with van der Waals surface area (Å²) in [7, 11) is 0. The number of alkyl carbamates (subject to hydrolysis) is 1. The van der Waals surface area contributed by atoms with E-state index in [-0.39, 0.29) is 43.1 Å². The van der Waals surface area contributed by atoms with E-state index in [1.165, 1.54) is 0 Å². The number of carbonyl (C=O) groups excluding carboxylic acids is 6. The van der Waals surface area contributed by atoms with Gasteiger partial charge >= 0.3 is 12.1 Å². The fourth-order valence-electron chi connectivity index (χ4n) is 6.26. The topological polar surface area (TPSA) is 221 Å². The second-order valence-electron chi connectivity index (χ2n) is 14.1. The highest BCUT2D eigenvalue weighted by Crippen LogP contribution is 2.27. The van der Waals surface area contributed by atoms with Crippen molar-refractivity contribution in [1.82, 2.24) is 31.9 Å². The first-order valence-corrected chi connectivity index (χ1v) is 17.8. The molecule has 5 amide bonds. The molecule has 1 aliphatic carbocycles. The molecule has 2 fully saturated rings. The molecule has 0 bridgehead atoms. The number of nitrogens with one attached hydrogen (secondary N) is 6. The fourth-order valence-corrected chi connectivity index (χ4v) is 6.26. The summed E-state index contributed by atoms with van der Waals surface area (Å²) in [5.41, 5.74) is 0. The highest BCUT2D eigenvalue weighted by Gasteiger charge is 2.36. The highest BCUT2D eigenvalue weighted by molar-refractivity contribution is 6.38. The molecule has 0 spiro atoms. The molecular weight excluding hydrogens is 636 g/mol. The number of hydrogen-bond acceptors (Lipinski definition) is 9. The number of amides is 5. The Kier molecular flexibility index (Phi) is 18.1. The van der Waals surface area contributed by atoms with Crippen LogP contribution in [-0.2, 0) is 33.5 Å². The van der Waals surface area contributed by atoms with Gasteiger partial charge in [-0.25, -0.2) is 9.59 Å². The quantitative estimate of drug-likeness (QED) is 0.0963. The third-order valence-electron chi connectivity index (χ3n) is 8.85. The number of carboxylic acid groups (broad SMARTS) is 1. The summed E-state index contributed by atoms with van der Waals surface area (Å²) >= 11 is 0. The Balaban J connectivity index is 2.08. The van der Waals surface area contributed by atoms with E-state index in [1.54, 1.807) is 6.92 Å². The monoisotopic (exact) mass is 694 g/mol. The lowest BCUT2D eigenvalue weighted by molar-refractivity contribution is -0.144. The van der Waals surface area contributed by atoms with Gasteiger partial charge in [-0.1, -0.05) is 60.3 Å². The van der Waals surface area contributed by atoms with Crippen molar-refractivity contribution < 1.29 is 43.4 Å². The number of ketones is 1. The van der Waals surface area contributed by atoms with Gasteiger partial charge in [-0.2, -0.15) is 0 Å². The van der Waals surface area contributed by atoms with Crippen LogP contribution in [0.2, 0.25) is 0 Å². The molecule has 7 N–H and O–H groups in total. The summed E-state index contributed by atoms with van der Waals surface area (Å²) < 4.78 is 5.27. The summed E-state index contributed by atoms with van der Waals surface area (Å²) in [6.45, 7) is 10.2. The van der Waals surface area contributed by atoms with Crippen LogP contribution in [0.3, 0.4) is 0 Å². The maximum Gasteiger partial charge on any atom is 0.407 e. The second-order valence-corrected chi connectivity index (χ2v) is 14.1. The molecule has 1 saturated heterocycles. The van der Waals surface area contributed by atoms with Gasteiger partial charge in [0, 0.05) is 0 Å². The largest absolute Gasteiger partial charge is 0.480 e. The number of carbonyl (C=O) groups is 7. The van der Waals surface area contributed by atoms with Crippen LogP contribution in [0.25, 0.3) is 0 Å². The van der Waals surface area contributed by atoms with E-state index in [4.69, 9.17) is 4.74 Å². The summed E-state index contributed by atoms with van der Waals surface area (Å²) in [5, 5.41) is 25.6. The Morgan fingerprint density at radius 1 is 0.755 bits per heavy atom. The normalized spacial score (nSPS) is 18.0. The first-order valence-electron chi connectivity index (χ1n) is 17.8. The van der Waals surface area contributed by atoms with E-state index in [9.17, 15) is 38.7 Å². The van der Waals surface area contributed by atoms with Crippen LogP contribution in [-0.4, -0.2) is 97.0 Å². The average molecular weight is 695 g/mol. The summed E-state index contributed by atoms with van der Waals surface area (Å²) in [5.74, 6) is -5.52. The van der Waals surface area contributed by atoms with Gasteiger partial charge in [0.2, 0.25) is 23.5 Å². The van der Waals surface area contributed by atoms with Gasteiger partial charge in [0.1, 0.15) is 18.1 Å². The average Bonchev–Trinajstić information content (AvgIpc) is 3.07. The van der Waals surface area contributed by atoms with Gasteiger partial charge in [0.25, 0.3) is 5.91 Å². The van der Waals surface area contributed by atoms with Crippen molar-refractivity contribution in [2.24, 2.45) is 23.7 Å². The van der Waals surface area contributed by atoms with Crippen molar-refractivity contribution in [2.45, 2.75) is 123 Å². The minimum Gasteiger partial charge on any atom is -0.480 e. The maximum absolute atomic E-state index is 13.7. The summed E-state index contributed by atoms with van der Waals surface area (Å²) in [4.78, 5) is 90.1. The van der Waals surface area contributed by atoms with Gasteiger partial charge in [-0.05, 0) is 75.3 Å². The third-order valence-corrected chi connectivity index (χ3v) is 8.85. The first-order chi connectivity index (χ1) is 23.2.